The molecular formula is C30H36N4O7S. The quantitative estimate of drug-likeness (QED) is 0.265. The molecule has 0 saturated carbocycles. The molecule has 0 aliphatic carbocycles. The van der Waals surface area contributed by atoms with Crippen molar-refractivity contribution in [2.45, 2.75) is 30.2 Å². The number of nitrogens with zero attached hydrogens (tertiary/aromatic N) is 4. The number of unbranched alkanes of at least 4 members (excludes halogenated alkanes) is 1. The van der Waals surface area contributed by atoms with Crippen LogP contribution in [0.1, 0.15) is 30.9 Å². The van der Waals surface area contributed by atoms with Crippen LogP contribution < -0.4 is 4.90 Å². The third kappa shape index (κ3) is 4.72. The number of anilines is 1. The van der Waals surface area contributed by atoms with Crippen LogP contribution in [0.25, 0.3) is 5.76 Å². The molecule has 3 heterocycles. The minimum Gasteiger partial charge on any atom is -0.507 e. The summed E-state index contributed by atoms with van der Waals surface area (Å²) in [7, 11) is -1.09. The first-order chi connectivity index (χ1) is 20.1. The molecule has 1 N–H and O–H groups in total. The fourth-order valence-corrected chi connectivity index (χ4v) is 6.88. The number of hydrogen-bond donors (Lipinski definition) is 1. The fraction of sp³-hybridized carbons (Fsp3) is 0.433. The maximum absolute atomic E-state index is 14.6. The summed E-state index contributed by atoms with van der Waals surface area (Å²) in [6.07, 6.45) is 1.51. The van der Waals surface area contributed by atoms with Crippen molar-refractivity contribution in [2.75, 3.05) is 64.9 Å². The van der Waals surface area contributed by atoms with Crippen molar-refractivity contribution < 1.29 is 32.6 Å². The predicted octanol–water partition coefficient (Wildman–Crippen LogP) is 1.99. The summed E-state index contributed by atoms with van der Waals surface area (Å²) in [6.45, 7) is 5.24. The molecule has 1 unspecified atom stereocenters. The predicted molar refractivity (Wildman–Crippen MR) is 156 cm³/mol. The molecule has 0 radical (unpaired) electrons. The summed E-state index contributed by atoms with van der Waals surface area (Å²) in [4.78, 5) is 47.2. The Morgan fingerprint density at radius 1 is 1.00 bits per heavy atom. The average Bonchev–Trinajstić information content (AvgIpc) is 3.37. The van der Waals surface area contributed by atoms with Crippen LogP contribution in [0.2, 0.25) is 0 Å². The molecule has 224 valence electrons. The molecule has 5 rings (SSSR count). The lowest BCUT2D eigenvalue weighted by atomic mass is 9.82. The first-order valence-electron chi connectivity index (χ1n) is 14.1. The second-order valence-electron chi connectivity index (χ2n) is 10.8. The van der Waals surface area contributed by atoms with Crippen molar-refractivity contribution in [1.82, 2.24) is 14.1 Å². The summed E-state index contributed by atoms with van der Waals surface area (Å²) in [5.74, 6) is -2.96. The molecule has 1 spiro atoms. The van der Waals surface area contributed by atoms with Gasteiger partial charge in [-0.05, 0) is 24.6 Å². The molecule has 0 bridgehead atoms. The van der Waals surface area contributed by atoms with Gasteiger partial charge in [-0.1, -0.05) is 43.7 Å². The lowest BCUT2D eigenvalue weighted by Crippen LogP contribution is -2.54. The summed E-state index contributed by atoms with van der Waals surface area (Å²) >= 11 is 0. The van der Waals surface area contributed by atoms with Crippen molar-refractivity contribution in [1.29, 1.82) is 0 Å². The zero-order valence-corrected chi connectivity index (χ0v) is 24.9. The molecule has 0 aromatic heterocycles. The van der Waals surface area contributed by atoms with E-state index < -0.39 is 38.9 Å². The van der Waals surface area contributed by atoms with Crippen LogP contribution in [-0.2, 0) is 34.7 Å². The summed E-state index contributed by atoms with van der Waals surface area (Å²) < 4.78 is 32.2. The lowest BCUT2D eigenvalue weighted by Gasteiger charge is -2.36. The van der Waals surface area contributed by atoms with Gasteiger partial charge in [0, 0.05) is 57.9 Å². The zero-order chi connectivity index (χ0) is 30.2. The highest BCUT2D eigenvalue weighted by molar-refractivity contribution is 7.89. The number of aliphatic hydroxyl groups excluding tert-OH is 1. The SMILES string of the molecule is CCCCN1C(=O)C2(C(=C(O)c3cccc(S(=O)(=O)N(C)C)c3)C(=O)C(=O)N2CCN2CCOCC2)c2ccccc21. The maximum atomic E-state index is 14.6. The van der Waals surface area contributed by atoms with Crippen molar-refractivity contribution in [2.24, 2.45) is 0 Å². The number of carbonyl (C=O) groups excluding carboxylic acids is 3. The average molecular weight is 597 g/mol. The topological polar surface area (TPSA) is 128 Å². The smallest absolute Gasteiger partial charge is 0.296 e. The third-order valence-electron chi connectivity index (χ3n) is 8.17. The number of carbonyl (C=O) groups is 3. The monoisotopic (exact) mass is 596 g/mol. The minimum atomic E-state index is -3.87. The van der Waals surface area contributed by atoms with E-state index in [1.165, 1.54) is 43.3 Å². The van der Waals surface area contributed by atoms with Crippen molar-refractivity contribution in [3.05, 3.63) is 65.2 Å². The lowest BCUT2D eigenvalue weighted by molar-refractivity contribution is -0.144. The van der Waals surface area contributed by atoms with Gasteiger partial charge in [0.15, 0.2) is 5.54 Å². The highest BCUT2D eigenvalue weighted by Crippen LogP contribution is 2.53. The number of fused-ring (bicyclic) bond motifs is 2. The summed E-state index contributed by atoms with van der Waals surface area (Å²) in [5.41, 5.74) is -1.23. The van der Waals surface area contributed by atoms with E-state index in [-0.39, 0.29) is 22.6 Å². The number of Topliss-reactive ketones (excluding diaryl/α,β-unsaturated/α-hetero) is 1. The highest BCUT2D eigenvalue weighted by atomic mass is 32.2. The van der Waals surface area contributed by atoms with E-state index in [2.05, 4.69) is 4.90 Å². The number of para-hydroxylation sites is 1. The first-order valence-corrected chi connectivity index (χ1v) is 15.5. The number of likely N-dealkylation sites (tertiary alicyclic amines) is 1. The number of benzene rings is 2. The minimum absolute atomic E-state index is 0.0146. The molecule has 12 heteroatoms. The van der Waals surface area contributed by atoms with Crippen LogP contribution >= 0.6 is 0 Å². The Labute approximate surface area is 246 Å². The Morgan fingerprint density at radius 3 is 2.40 bits per heavy atom. The van der Waals surface area contributed by atoms with E-state index in [1.807, 2.05) is 6.92 Å². The first kappa shape index (κ1) is 29.9. The Balaban J connectivity index is 1.72. The van der Waals surface area contributed by atoms with Crippen molar-refractivity contribution in [3.63, 3.8) is 0 Å². The molecule has 2 amide bonds. The molecule has 3 aliphatic heterocycles. The van der Waals surface area contributed by atoms with Crippen LogP contribution in [0.15, 0.2) is 59.0 Å². The van der Waals surface area contributed by atoms with Gasteiger partial charge in [0.2, 0.25) is 10.0 Å². The van der Waals surface area contributed by atoms with E-state index in [0.29, 0.717) is 57.1 Å². The molecule has 1 atom stereocenters. The largest absolute Gasteiger partial charge is 0.507 e. The molecule has 2 aromatic carbocycles. The number of aliphatic hydroxyl groups is 1. The van der Waals surface area contributed by atoms with E-state index >= 15 is 0 Å². The third-order valence-corrected chi connectivity index (χ3v) is 9.99. The number of ether oxygens (including phenoxy) is 1. The normalized spacial score (nSPS) is 22.5. The second-order valence-corrected chi connectivity index (χ2v) is 13.0. The van der Waals surface area contributed by atoms with Crippen molar-refractivity contribution in [3.8, 4) is 0 Å². The van der Waals surface area contributed by atoms with E-state index in [1.54, 1.807) is 29.2 Å². The molecule has 2 saturated heterocycles. The summed E-state index contributed by atoms with van der Waals surface area (Å²) in [5, 5.41) is 11.8. The van der Waals surface area contributed by atoms with E-state index in [9.17, 15) is 27.9 Å². The fourth-order valence-electron chi connectivity index (χ4n) is 5.93. The maximum Gasteiger partial charge on any atom is 0.296 e. The molecule has 2 aromatic rings. The Bertz CT molecular complexity index is 1550. The van der Waals surface area contributed by atoms with Gasteiger partial charge < -0.3 is 19.6 Å². The zero-order valence-electron chi connectivity index (χ0n) is 24.1. The molecule has 3 aliphatic rings. The number of ketones is 1. The van der Waals surface area contributed by atoms with Gasteiger partial charge in [0.05, 0.1) is 29.4 Å². The number of amides is 2. The number of rotatable bonds is 9. The molecular weight excluding hydrogens is 560 g/mol. The number of hydrogen-bond acceptors (Lipinski definition) is 8. The second kappa shape index (κ2) is 11.6. The van der Waals surface area contributed by atoms with Gasteiger partial charge >= 0.3 is 0 Å². The van der Waals surface area contributed by atoms with E-state index in [4.69, 9.17) is 4.74 Å². The number of sulfonamides is 1. The highest BCUT2D eigenvalue weighted by Gasteiger charge is 2.67. The molecule has 2 fully saturated rings. The Kier molecular flexibility index (Phi) is 8.26. The van der Waals surface area contributed by atoms with Gasteiger partial charge in [0.25, 0.3) is 17.6 Å². The molecule has 11 nitrogen and oxygen atoms in total. The van der Waals surface area contributed by atoms with Crippen LogP contribution in [0.5, 0.6) is 0 Å². The van der Waals surface area contributed by atoms with E-state index in [0.717, 1.165) is 10.7 Å². The van der Waals surface area contributed by atoms with Crippen LogP contribution in [0.3, 0.4) is 0 Å². The van der Waals surface area contributed by atoms with Gasteiger partial charge in [-0.2, -0.15) is 0 Å². The van der Waals surface area contributed by atoms with Gasteiger partial charge in [-0.25, -0.2) is 12.7 Å². The van der Waals surface area contributed by atoms with Gasteiger partial charge in [0.1, 0.15) is 5.76 Å². The Morgan fingerprint density at radius 2 is 1.71 bits per heavy atom. The van der Waals surface area contributed by atoms with Crippen LogP contribution in [0.4, 0.5) is 5.69 Å². The Hall–Kier alpha value is -3.58. The van der Waals surface area contributed by atoms with Crippen molar-refractivity contribution >= 4 is 39.1 Å². The van der Waals surface area contributed by atoms with Crippen LogP contribution in [0, 0.1) is 0 Å². The standard InChI is InChI=1S/C30H36N4O7S/c1-4-5-13-33-24-12-7-6-11-23(24)30(29(33)38)25(26(35)21-9-8-10-22(20-21)42(39,40)31(2)3)27(36)28(37)34(30)15-14-32-16-18-41-19-17-32/h6-12,20,35H,4-5,13-19H2,1-3H3. The van der Waals surface area contributed by atoms with Crippen LogP contribution in [-0.4, -0.2) is 105 Å². The van der Waals surface area contributed by atoms with Gasteiger partial charge in [-0.3, -0.25) is 19.3 Å². The summed E-state index contributed by atoms with van der Waals surface area (Å²) in [6, 6.07) is 12.6. The van der Waals surface area contributed by atoms with Gasteiger partial charge in [-0.15, -0.1) is 0 Å². The number of morpholine rings is 1. The molecule has 42 heavy (non-hydrogen) atoms.